The number of amides is 2. The molecule has 0 saturated heterocycles. The van der Waals surface area contributed by atoms with Crippen LogP contribution in [0.2, 0.25) is 0 Å². The van der Waals surface area contributed by atoms with E-state index in [-0.39, 0.29) is 23.5 Å². The van der Waals surface area contributed by atoms with E-state index >= 15 is 0 Å². The van der Waals surface area contributed by atoms with Crippen LogP contribution in [0, 0.1) is 12.8 Å². The molecule has 1 N–H and O–H groups in total. The lowest BCUT2D eigenvalue weighted by Gasteiger charge is -2.49. The van der Waals surface area contributed by atoms with Gasteiger partial charge in [0.25, 0.3) is 0 Å². The van der Waals surface area contributed by atoms with Crippen molar-refractivity contribution >= 4 is 6.03 Å². The highest BCUT2D eigenvalue weighted by atomic mass is 16.5. The minimum Gasteiger partial charge on any atom is -0.337 e. The average molecular weight is 323 g/mol. The zero-order valence-electron chi connectivity index (χ0n) is 15.1. The third kappa shape index (κ3) is 3.83. The first-order valence-corrected chi connectivity index (χ1v) is 8.24. The topological polar surface area (TPSA) is 74.5 Å². The van der Waals surface area contributed by atoms with Gasteiger partial charge < -0.3 is 19.6 Å². The Hall–Kier alpha value is -1.63. The minimum atomic E-state index is -0.275. The van der Waals surface area contributed by atoms with Crippen molar-refractivity contribution in [2.45, 2.75) is 51.6 Å². The summed E-state index contributed by atoms with van der Waals surface area (Å²) in [4.78, 5) is 20.8. The molecule has 2 rings (SSSR count). The molecule has 130 valence electrons. The van der Waals surface area contributed by atoms with Crippen LogP contribution in [-0.4, -0.2) is 59.2 Å². The van der Waals surface area contributed by atoms with E-state index in [1.165, 1.54) is 6.42 Å². The van der Waals surface area contributed by atoms with Crippen LogP contribution in [0.5, 0.6) is 0 Å². The van der Waals surface area contributed by atoms with Crippen LogP contribution < -0.4 is 5.32 Å². The standard InChI is InChI=1S/C16H29N5O2/c1-11(2)13(14-17-12(3)19-23-14)18-15(22)21(6)10-16(20(4)5)8-7-9-16/h11,13H,7-10H2,1-6H3,(H,18,22)/t13-/m0/s1. The molecule has 1 heterocycles. The van der Waals surface area contributed by atoms with E-state index in [4.69, 9.17) is 4.52 Å². The summed E-state index contributed by atoms with van der Waals surface area (Å²) in [7, 11) is 6.02. The molecule has 1 atom stereocenters. The third-order valence-corrected chi connectivity index (χ3v) is 4.87. The van der Waals surface area contributed by atoms with Gasteiger partial charge in [-0.25, -0.2) is 4.79 Å². The molecule has 1 saturated carbocycles. The minimum absolute atomic E-state index is 0.104. The second kappa shape index (κ2) is 6.86. The molecule has 0 spiro atoms. The van der Waals surface area contributed by atoms with Gasteiger partial charge in [-0.3, -0.25) is 0 Å². The summed E-state index contributed by atoms with van der Waals surface area (Å²) in [5, 5.41) is 6.85. The Kier molecular flexibility index (Phi) is 5.29. The van der Waals surface area contributed by atoms with Crippen molar-refractivity contribution in [3.63, 3.8) is 0 Å². The van der Waals surface area contributed by atoms with Crippen molar-refractivity contribution in [2.75, 3.05) is 27.7 Å². The Morgan fingerprint density at radius 1 is 1.35 bits per heavy atom. The predicted octanol–water partition coefficient (Wildman–Crippen LogP) is 2.20. The molecule has 7 nitrogen and oxygen atoms in total. The first-order chi connectivity index (χ1) is 10.7. The van der Waals surface area contributed by atoms with Crippen LogP contribution >= 0.6 is 0 Å². The van der Waals surface area contributed by atoms with Gasteiger partial charge in [0.2, 0.25) is 5.89 Å². The second-order valence-electron chi connectivity index (χ2n) is 7.18. The molecule has 2 amide bonds. The van der Waals surface area contributed by atoms with Gasteiger partial charge in [-0.15, -0.1) is 0 Å². The lowest BCUT2D eigenvalue weighted by molar-refractivity contribution is 0.0357. The maximum atomic E-state index is 12.6. The van der Waals surface area contributed by atoms with Gasteiger partial charge in [0, 0.05) is 19.1 Å². The number of aromatic nitrogens is 2. The number of likely N-dealkylation sites (N-methyl/N-ethyl adjacent to an activating group) is 2. The van der Waals surface area contributed by atoms with Crippen LogP contribution in [0.25, 0.3) is 0 Å². The van der Waals surface area contributed by atoms with Gasteiger partial charge >= 0.3 is 6.03 Å². The highest BCUT2D eigenvalue weighted by Crippen LogP contribution is 2.36. The number of aryl methyl sites for hydroxylation is 1. The first kappa shape index (κ1) is 17.7. The van der Waals surface area contributed by atoms with Crippen molar-refractivity contribution in [3.8, 4) is 0 Å². The summed E-state index contributed by atoms with van der Waals surface area (Å²) >= 11 is 0. The Morgan fingerprint density at radius 2 is 2.00 bits per heavy atom. The number of nitrogens with zero attached hydrogens (tertiary/aromatic N) is 4. The molecule has 0 aromatic carbocycles. The van der Waals surface area contributed by atoms with Gasteiger partial charge in [-0.05, 0) is 46.2 Å². The van der Waals surface area contributed by atoms with E-state index in [0.717, 1.165) is 19.4 Å². The van der Waals surface area contributed by atoms with E-state index in [1.807, 2.05) is 20.9 Å². The van der Waals surface area contributed by atoms with Gasteiger partial charge in [0.1, 0.15) is 6.04 Å². The van der Waals surface area contributed by atoms with E-state index in [9.17, 15) is 4.79 Å². The van der Waals surface area contributed by atoms with Crippen LogP contribution in [-0.2, 0) is 0 Å². The highest BCUT2D eigenvalue weighted by Gasteiger charge is 2.41. The average Bonchev–Trinajstić information content (AvgIpc) is 2.84. The summed E-state index contributed by atoms with van der Waals surface area (Å²) in [6.07, 6.45) is 3.49. The van der Waals surface area contributed by atoms with Gasteiger partial charge in [0.05, 0.1) is 0 Å². The van der Waals surface area contributed by atoms with Crippen molar-refractivity contribution in [2.24, 2.45) is 5.92 Å². The molecular formula is C16H29N5O2. The summed E-state index contributed by atoms with van der Waals surface area (Å²) in [5.74, 6) is 1.21. The van der Waals surface area contributed by atoms with Crippen LogP contribution in [0.1, 0.15) is 50.9 Å². The zero-order chi connectivity index (χ0) is 17.2. The molecule has 1 aromatic rings. The van der Waals surface area contributed by atoms with Crippen LogP contribution in [0.4, 0.5) is 4.79 Å². The lowest BCUT2D eigenvalue weighted by atomic mass is 9.75. The maximum absolute atomic E-state index is 12.6. The molecule has 1 aliphatic carbocycles. The van der Waals surface area contributed by atoms with Crippen molar-refractivity contribution < 1.29 is 9.32 Å². The Morgan fingerprint density at radius 3 is 2.39 bits per heavy atom. The normalized spacial score (nSPS) is 17.9. The smallest absolute Gasteiger partial charge is 0.317 e. The first-order valence-electron chi connectivity index (χ1n) is 8.24. The van der Waals surface area contributed by atoms with Crippen LogP contribution in [0.15, 0.2) is 4.52 Å². The lowest BCUT2D eigenvalue weighted by Crippen LogP contribution is -2.58. The SMILES string of the molecule is Cc1noc([C@@H](NC(=O)N(C)CC2(N(C)C)CCC2)C(C)C)n1. The Bertz CT molecular complexity index is 536. The van der Waals surface area contributed by atoms with Gasteiger partial charge in [-0.2, -0.15) is 4.98 Å². The van der Waals surface area contributed by atoms with E-state index in [2.05, 4.69) is 34.5 Å². The van der Waals surface area contributed by atoms with E-state index in [0.29, 0.717) is 11.7 Å². The number of rotatable bonds is 6. The number of hydrogen-bond acceptors (Lipinski definition) is 5. The number of carbonyl (C=O) groups is 1. The molecule has 1 aromatic heterocycles. The molecule has 0 bridgehead atoms. The van der Waals surface area contributed by atoms with E-state index < -0.39 is 0 Å². The molecule has 0 radical (unpaired) electrons. The molecule has 23 heavy (non-hydrogen) atoms. The third-order valence-electron chi connectivity index (χ3n) is 4.87. The van der Waals surface area contributed by atoms with Crippen molar-refractivity contribution in [1.29, 1.82) is 0 Å². The van der Waals surface area contributed by atoms with Crippen molar-refractivity contribution in [1.82, 2.24) is 25.3 Å². The molecule has 7 heteroatoms. The summed E-state index contributed by atoms with van der Waals surface area (Å²) in [5.41, 5.74) is 0.112. The largest absolute Gasteiger partial charge is 0.337 e. The molecule has 1 aliphatic rings. The summed E-state index contributed by atoms with van der Waals surface area (Å²) in [6, 6.07) is -0.379. The van der Waals surface area contributed by atoms with Crippen LogP contribution in [0.3, 0.4) is 0 Å². The monoisotopic (exact) mass is 323 g/mol. The maximum Gasteiger partial charge on any atom is 0.317 e. The Balaban J connectivity index is 2.01. The fourth-order valence-electron chi connectivity index (χ4n) is 3.04. The molecular weight excluding hydrogens is 294 g/mol. The number of carbonyl (C=O) groups excluding carboxylic acids is 1. The number of urea groups is 1. The zero-order valence-corrected chi connectivity index (χ0v) is 15.1. The number of nitrogens with one attached hydrogen (secondary N) is 1. The molecule has 0 unspecified atom stereocenters. The van der Waals surface area contributed by atoms with Crippen molar-refractivity contribution in [3.05, 3.63) is 11.7 Å². The Labute approximate surface area is 138 Å². The fraction of sp³-hybridized carbons (Fsp3) is 0.812. The highest BCUT2D eigenvalue weighted by molar-refractivity contribution is 5.74. The predicted molar refractivity (Wildman–Crippen MR) is 88.0 cm³/mol. The summed E-state index contributed by atoms with van der Waals surface area (Å²) < 4.78 is 5.24. The second-order valence-corrected chi connectivity index (χ2v) is 7.18. The number of hydrogen-bond donors (Lipinski definition) is 1. The molecule has 1 fully saturated rings. The van der Waals surface area contributed by atoms with Gasteiger partial charge in [-0.1, -0.05) is 19.0 Å². The fourth-order valence-corrected chi connectivity index (χ4v) is 3.04. The van der Waals surface area contributed by atoms with E-state index in [1.54, 1.807) is 11.8 Å². The molecule has 0 aliphatic heterocycles. The summed E-state index contributed by atoms with van der Waals surface area (Å²) in [6.45, 7) is 6.55. The van der Waals surface area contributed by atoms with Gasteiger partial charge in [0.15, 0.2) is 5.82 Å². The quantitative estimate of drug-likeness (QED) is 0.868.